The molecule has 180 valence electrons. The molecule has 6 rings (SSSR count). The summed E-state index contributed by atoms with van der Waals surface area (Å²) >= 11 is 0. The lowest BCUT2D eigenvalue weighted by Gasteiger charge is -2.59. The Bertz CT molecular complexity index is 933. The monoisotopic (exact) mass is 459 g/mol. The molecule has 1 aromatic rings. The maximum Gasteiger partial charge on any atom is 0.340 e. The topological polar surface area (TPSA) is 83.5 Å². The van der Waals surface area contributed by atoms with Crippen molar-refractivity contribution < 1.29 is 33.6 Å². The Morgan fingerprint density at radius 2 is 1.70 bits per heavy atom. The van der Waals surface area contributed by atoms with Crippen molar-refractivity contribution in [2.75, 3.05) is 14.1 Å². The van der Waals surface area contributed by atoms with E-state index in [1.807, 2.05) is 13.8 Å². The summed E-state index contributed by atoms with van der Waals surface area (Å²) in [4.78, 5) is 38.5. The highest BCUT2D eigenvalue weighted by Crippen LogP contribution is 2.60. The number of hydrogen-bond acceptors (Lipinski definition) is 7. The van der Waals surface area contributed by atoms with Gasteiger partial charge in [-0.05, 0) is 62.3 Å². The third-order valence-corrected chi connectivity index (χ3v) is 8.09. The van der Waals surface area contributed by atoms with Crippen LogP contribution in [-0.2, 0) is 24.0 Å². The first-order chi connectivity index (χ1) is 15.6. The average Bonchev–Trinajstić information content (AvgIpc) is 3.02. The van der Waals surface area contributed by atoms with Gasteiger partial charge >= 0.3 is 5.97 Å². The van der Waals surface area contributed by atoms with Crippen LogP contribution in [0.25, 0.3) is 0 Å². The number of amides is 1. The van der Waals surface area contributed by atoms with Gasteiger partial charge in [-0.1, -0.05) is 13.8 Å². The fraction of sp³-hybridized carbons (Fsp3) is 0.680. The Hall–Kier alpha value is -2.00. The summed E-state index contributed by atoms with van der Waals surface area (Å²) in [5, 5.41) is 0. The number of esters is 1. The molecule has 1 spiro atoms. The number of hydrogen-bond donors (Lipinski definition) is 0. The lowest BCUT2D eigenvalue weighted by molar-refractivity contribution is -0.576. The van der Waals surface area contributed by atoms with Gasteiger partial charge in [0.15, 0.2) is 11.9 Å². The van der Waals surface area contributed by atoms with Crippen LogP contribution >= 0.6 is 0 Å². The number of benzene rings is 1. The van der Waals surface area contributed by atoms with Crippen molar-refractivity contribution in [3.05, 3.63) is 35.4 Å². The maximum atomic E-state index is 13.0. The quantitative estimate of drug-likeness (QED) is 0.503. The minimum Gasteiger partial charge on any atom is -0.432 e. The Morgan fingerprint density at radius 3 is 2.39 bits per heavy atom. The van der Waals surface area contributed by atoms with Crippen LogP contribution in [-0.4, -0.2) is 54.8 Å². The predicted octanol–water partition coefficient (Wildman–Crippen LogP) is 3.75. The van der Waals surface area contributed by atoms with Crippen molar-refractivity contribution in [1.82, 2.24) is 4.90 Å². The van der Waals surface area contributed by atoms with Crippen LogP contribution in [0.4, 0.5) is 0 Å². The third-order valence-electron chi connectivity index (χ3n) is 8.09. The SMILES string of the molecule is C[C@H]1[C@@H](OC(=O)c2ccc(C(=O)N(C)C)cc2)O[C@@H]2O[C@@]3(C)CC[C@H]4[C@H](C)CC[C@@H]1[C@@]24OO3. The molecule has 33 heavy (non-hydrogen) atoms. The van der Waals surface area contributed by atoms with E-state index in [2.05, 4.69) is 6.92 Å². The van der Waals surface area contributed by atoms with Crippen molar-refractivity contribution in [2.24, 2.45) is 23.7 Å². The van der Waals surface area contributed by atoms with Crippen molar-refractivity contribution in [3.8, 4) is 0 Å². The highest BCUT2D eigenvalue weighted by Gasteiger charge is 2.69. The second kappa shape index (κ2) is 8.05. The van der Waals surface area contributed by atoms with Gasteiger partial charge in [0.25, 0.3) is 5.91 Å². The van der Waals surface area contributed by atoms with Crippen molar-refractivity contribution in [1.29, 1.82) is 0 Å². The molecule has 2 bridgehead atoms. The van der Waals surface area contributed by atoms with Crippen LogP contribution in [0.1, 0.15) is 67.2 Å². The van der Waals surface area contributed by atoms with Gasteiger partial charge in [-0.2, -0.15) is 0 Å². The summed E-state index contributed by atoms with van der Waals surface area (Å²) in [7, 11) is 3.38. The molecule has 0 radical (unpaired) electrons. The van der Waals surface area contributed by atoms with Gasteiger partial charge < -0.3 is 19.1 Å². The molecule has 1 aromatic carbocycles. The largest absolute Gasteiger partial charge is 0.432 e. The summed E-state index contributed by atoms with van der Waals surface area (Å²) < 4.78 is 18.5. The molecule has 1 amide bonds. The fourth-order valence-electron chi connectivity index (χ4n) is 6.19. The van der Waals surface area contributed by atoms with Crippen molar-refractivity contribution >= 4 is 11.9 Å². The number of carbonyl (C=O) groups is 2. The standard InChI is InChI=1S/C25H33NO7/c1-14-6-11-19-15(2)22(29-21(28)17-9-7-16(8-10-17)20(27)26(4)5)30-23-25(19)18(14)12-13-24(3,31-23)32-33-25/h7-10,14-15,18-19,22-23H,6,11-13H2,1-5H3/t14-,15-,18+,19+,22+,23-,24-,25-/m1/s1. The lowest BCUT2D eigenvalue weighted by atomic mass is 9.58. The molecule has 4 saturated heterocycles. The second-order valence-corrected chi connectivity index (χ2v) is 10.5. The molecule has 1 saturated carbocycles. The second-order valence-electron chi connectivity index (χ2n) is 10.5. The van der Waals surface area contributed by atoms with E-state index in [1.54, 1.807) is 38.4 Å². The molecular formula is C25H33NO7. The van der Waals surface area contributed by atoms with Gasteiger partial charge in [0.1, 0.15) is 0 Å². The zero-order chi connectivity index (χ0) is 23.5. The Morgan fingerprint density at radius 1 is 1.00 bits per heavy atom. The molecule has 0 N–H and O–H groups in total. The average molecular weight is 460 g/mol. The fourth-order valence-corrected chi connectivity index (χ4v) is 6.19. The van der Waals surface area contributed by atoms with E-state index < -0.39 is 29.9 Å². The van der Waals surface area contributed by atoms with Gasteiger partial charge in [0.2, 0.25) is 12.1 Å². The van der Waals surface area contributed by atoms with Gasteiger partial charge in [0.05, 0.1) is 5.56 Å². The molecule has 4 aliphatic heterocycles. The van der Waals surface area contributed by atoms with E-state index >= 15 is 0 Å². The van der Waals surface area contributed by atoms with Crippen molar-refractivity contribution in [3.63, 3.8) is 0 Å². The summed E-state index contributed by atoms with van der Waals surface area (Å²) in [6.45, 7) is 6.18. The molecule has 5 fully saturated rings. The van der Waals surface area contributed by atoms with E-state index in [9.17, 15) is 9.59 Å². The Balaban J connectivity index is 1.37. The van der Waals surface area contributed by atoms with Crippen LogP contribution in [0.3, 0.4) is 0 Å². The predicted molar refractivity (Wildman–Crippen MR) is 117 cm³/mol. The number of nitrogens with zero attached hydrogens (tertiary/aromatic N) is 1. The highest BCUT2D eigenvalue weighted by atomic mass is 17.3. The molecule has 8 heteroatoms. The van der Waals surface area contributed by atoms with Crippen LogP contribution in [0.15, 0.2) is 24.3 Å². The van der Waals surface area contributed by atoms with Gasteiger partial charge in [-0.25, -0.2) is 14.6 Å². The molecule has 8 nitrogen and oxygen atoms in total. The first-order valence-electron chi connectivity index (χ1n) is 11.9. The summed E-state index contributed by atoms with van der Waals surface area (Å²) in [6.07, 6.45) is 2.26. The number of fused-ring (bicyclic) bond motifs is 2. The van der Waals surface area contributed by atoms with E-state index in [0.717, 1.165) is 25.7 Å². The zero-order valence-electron chi connectivity index (χ0n) is 19.9. The van der Waals surface area contributed by atoms with E-state index in [0.29, 0.717) is 17.0 Å². The number of ether oxygens (including phenoxy) is 3. The smallest absolute Gasteiger partial charge is 0.340 e. The first-order valence-corrected chi connectivity index (χ1v) is 11.9. The molecule has 5 aliphatic rings. The van der Waals surface area contributed by atoms with E-state index in [-0.39, 0.29) is 23.7 Å². The van der Waals surface area contributed by atoms with E-state index in [4.69, 9.17) is 24.0 Å². The number of rotatable bonds is 3. The van der Waals surface area contributed by atoms with Crippen LogP contribution in [0, 0.1) is 23.7 Å². The normalized spacial score (nSPS) is 41.6. The minimum absolute atomic E-state index is 0.0815. The third kappa shape index (κ3) is 3.58. The molecule has 1 aliphatic carbocycles. The molecule has 0 aromatic heterocycles. The van der Waals surface area contributed by atoms with Gasteiger partial charge in [-0.15, -0.1) is 0 Å². The first kappa shape index (κ1) is 22.8. The molecular weight excluding hydrogens is 426 g/mol. The van der Waals surface area contributed by atoms with Crippen LogP contribution in [0.5, 0.6) is 0 Å². The Labute approximate surface area is 194 Å². The van der Waals surface area contributed by atoms with E-state index in [1.165, 1.54) is 4.90 Å². The molecule has 0 unspecified atom stereocenters. The molecule has 4 heterocycles. The summed E-state index contributed by atoms with van der Waals surface area (Å²) in [5.41, 5.74) is 0.187. The minimum atomic E-state index is -0.874. The Kier molecular flexibility index (Phi) is 5.55. The van der Waals surface area contributed by atoms with Gasteiger partial charge in [-0.3, -0.25) is 4.79 Å². The highest BCUT2D eigenvalue weighted by molar-refractivity contribution is 5.96. The maximum absolute atomic E-state index is 13.0. The molecule has 8 atom stereocenters. The zero-order valence-corrected chi connectivity index (χ0v) is 19.9. The summed E-state index contributed by atoms with van der Waals surface area (Å²) in [5.74, 6) is -0.776. The van der Waals surface area contributed by atoms with Gasteiger partial charge in [0, 0.05) is 37.9 Å². The number of carbonyl (C=O) groups excluding carboxylic acids is 2. The van der Waals surface area contributed by atoms with Crippen LogP contribution < -0.4 is 0 Å². The van der Waals surface area contributed by atoms with Crippen molar-refractivity contribution in [2.45, 2.75) is 70.4 Å². The summed E-state index contributed by atoms with van der Waals surface area (Å²) in [6, 6.07) is 6.47. The lowest BCUT2D eigenvalue weighted by Crippen LogP contribution is -2.70. The van der Waals surface area contributed by atoms with Crippen LogP contribution in [0.2, 0.25) is 0 Å².